The summed E-state index contributed by atoms with van der Waals surface area (Å²) in [5, 5.41) is 13.9. The molecule has 2 aromatic rings. The Morgan fingerprint density at radius 1 is 1.24 bits per heavy atom. The molecule has 0 aliphatic carbocycles. The smallest absolute Gasteiger partial charge is 0.372 e. The first-order valence-corrected chi connectivity index (χ1v) is 10.6. The van der Waals surface area contributed by atoms with E-state index < -0.39 is 73.7 Å². The first-order valence-electron chi connectivity index (χ1n) is 9.01. The number of ether oxygens (including phenoxy) is 1. The standard InChI is InChI=1S/C18H14Cl2F6N4O2S/c1-2-3-4-32-8-13(31)28-16-15(33-18(24,25)26)12(7-27)29-30(16)14-10(19)5-9(6-11(14)20)17(21,22)23/h5-6H,2-4,8H2,1H3,(H,28,31). The van der Waals surface area contributed by atoms with Crippen molar-refractivity contribution >= 4 is 46.7 Å². The zero-order chi connectivity index (χ0) is 25.0. The summed E-state index contributed by atoms with van der Waals surface area (Å²) >= 11 is 11.2. The van der Waals surface area contributed by atoms with Crippen LogP contribution in [0.25, 0.3) is 5.69 Å². The Hall–Kier alpha value is -2.14. The van der Waals surface area contributed by atoms with E-state index in [2.05, 4.69) is 10.4 Å². The Bertz CT molecular complexity index is 1040. The second kappa shape index (κ2) is 10.9. The van der Waals surface area contributed by atoms with Crippen LogP contribution in [0.3, 0.4) is 0 Å². The van der Waals surface area contributed by atoms with Gasteiger partial charge in [0.15, 0.2) is 11.5 Å². The summed E-state index contributed by atoms with van der Waals surface area (Å²) < 4.78 is 84.2. The molecule has 0 saturated carbocycles. The van der Waals surface area contributed by atoms with E-state index in [9.17, 15) is 36.4 Å². The molecule has 0 unspecified atom stereocenters. The van der Waals surface area contributed by atoms with Crippen LogP contribution in [0.2, 0.25) is 10.0 Å². The summed E-state index contributed by atoms with van der Waals surface area (Å²) in [4.78, 5) is 11.5. The Balaban J connectivity index is 2.61. The Morgan fingerprint density at radius 2 is 1.85 bits per heavy atom. The summed E-state index contributed by atoms with van der Waals surface area (Å²) in [6.07, 6.45) is -3.40. The summed E-state index contributed by atoms with van der Waals surface area (Å²) in [5.41, 5.74) is -7.32. The van der Waals surface area contributed by atoms with Gasteiger partial charge in [-0.1, -0.05) is 36.5 Å². The van der Waals surface area contributed by atoms with Gasteiger partial charge in [-0.25, -0.2) is 4.68 Å². The van der Waals surface area contributed by atoms with Gasteiger partial charge in [0.2, 0.25) is 0 Å². The van der Waals surface area contributed by atoms with E-state index in [1.165, 1.54) is 6.07 Å². The highest BCUT2D eigenvalue weighted by molar-refractivity contribution is 8.00. The molecule has 0 radical (unpaired) electrons. The van der Waals surface area contributed by atoms with Gasteiger partial charge in [-0.05, 0) is 30.3 Å². The normalized spacial score (nSPS) is 12.0. The summed E-state index contributed by atoms with van der Waals surface area (Å²) in [6, 6.07) is 2.44. The number of nitriles is 1. The van der Waals surface area contributed by atoms with Crippen molar-refractivity contribution in [1.29, 1.82) is 5.26 Å². The van der Waals surface area contributed by atoms with Crippen LogP contribution >= 0.6 is 35.0 Å². The van der Waals surface area contributed by atoms with E-state index in [0.29, 0.717) is 23.2 Å². The number of unbranched alkanes of at least 4 members (excludes halogenated alkanes) is 1. The van der Waals surface area contributed by atoms with Crippen molar-refractivity contribution in [2.45, 2.75) is 36.3 Å². The third kappa shape index (κ3) is 7.17. The highest BCUT2D eigenvalue weighted by Gasteiger charge is 2.37. The third-order valence-electron chi connectivity index (χ3n) is 3.85. The lowest BCUT2D eigenvalue weighted by atomic mass is 10.2. The average molecular weight is 535 g/mol. The van der Waals surface area contributed by atoms with Crippen LogP contribution < -0.4 is 5.32 Å². The van der Waals surface area contributed by atoms with Crippen LogP contribution in [0.15, 0.2) is 17.0 Å². The molecule has 6 nitrogen and oxygen atoms in total. The largest absolute Gasteiger partial charge is 0.446 e. The molecule has 1 heterocycles. The van der Waals surface area contributed by atoms with Crippen molar-refractivity contribution in [1.82, 2.24) is 9.78 Å². The predicted molar refractivity (Wildman–Crippen MR) is 110 cm³/mol. The summed E-state index contributed by atoms with van der Waals surface area (Å²) in [5.74, 6) is -1.54. The second-order valence-electron chi connectivity index (χ2n) is 6.34. The average Bonchev–Trinajstić information content (AvgIpc) is 2.99. The molecule has 1 amide bonds. The monoisotopic (exact) mass is 534 g/mol. The number of halogens is 8. The molecule has 180 valence electrons. The number of hydrogen-bond acceptors (Lipinski definition) is 5. The van der Waals surface area contributed by atoms with Crippen LogP contribution in [-0.2, 0) is 15.7 Å². The quantitative estimate of drug-likeness (QED) is 0.239. The molecule has 33 heavy (non-hydrogen) atoms. The van der Waals surface area contributed by atoms with Crippen LogP contribution in [0, 0.1) is 11.3 Å². The number of nitrogens with zero attached hydrogens (tertiary/aromatic N) is 3. The van der Waals surface area contributed by atoms with Crippen molar-refractivity contribution in [2.24, 2.45) is 0 Å². The molecule has 0 fully saturated rings. The third-order valence-corrected chi connectivity index (χ3v) is 5.25. The molecular weight excluding hydrogens is 521 g/mol. The van der Waals surface area contributed by atoms with Crippen molar-refractivity contribution in [2.75, 3.05) is 18.5 Å². The summed E-state index contributed by atoms with van der Waals surface area (Å²) in [6.45, 7) is 1.56. The fourth-order valence-corrected chi connectivity index (χ4v) is 3.77. The number of thioether (sulfide) groups is 1. The molecule has 15 heteroatoms. The number of anilines is 1. The minimum absolute atomic E-state index is 0.216. The van der Waals surface area contributed by atoms with Crippen LogP contribution in [0.4, 0.5) is 32.2 Å². The van der Waals surface area contributed by atoms with Gasteiger partial charge in [0.25, 0.3) is 5.91 Å². The minimum atomic E-state index is -4.88. The molecule has 0 aliphatic rings. The molecule has 0 bridgehead atoms. The van der Waals surface area contributed by atoms with Gasteiger partial charge in [0.05, 0.1) is 20.5 Å². The molecule has 1 aromatic carbocycles. The number of benzene rings is 1. The van der Waals surface area contributed by atoms with Crippen LogP contribution in [0.1, 0.15) is 31.0 Å². The molecule has 2 rings (SSSR count). The fraction of sp³-hybridized carbons (Fsp3) is 0.389. The number of alkyl halides is 6. The van der Waals surface area contributed by atoms with Crippen molar-refractivity contribution in [3.05, 3.63) is 33.4 Å². The molecular formula is C18H14Cl2F6N4O2S. The van der Waals surface area contributed by atoms with Crippen molar-refractivity contribution < 1.29 is 35.9 Å². The van der Waals surface area contributed by atoms with Gasteiger partial charge in [-0.3, -0.25) is 4.79 Å². The van der Waals surface area contributed by atoms with Crippen LogP contribution in [-0.4, -0.2) is 34.4 Å². The van der Waals surface area contributed by atoms with Gasteiger partial charge in [0, 0.05) is 6.61 Å². The van der Waals surface area contributed by atoms with Crippen LogP contribution in [0.5, 0.6) is 0 Å². The lowest BCUT2D eigenvalue weighted by Gasteiger charge is -2.16. The van der Waals surface area contributed by atoms with Crippen molar-refractivity contribution in [3.8, 4) is 11.8 Å². The lowest BCUT2D eigenvalue weighted by Crippen LogP contribution is -2.21. The van der Waals surface area contributed by atoms with Gasteiger partial charge >= 0.3 is 11.7 Å². The number of nitrogens with one attached hydrogen (secondary N) is 1. The first-order chi connectivity index (χ1) is 15.3. The van der Waals surface area contributed by atoms with E-state index in [1.807, 2.05) is 6.92 Å². The molecule has 1 N–H and O–H groups in total. The van der Waals surface area contributed by atoms with E-state index in [0.717, 1.165) is 6.42 Å². The van der Waals surface area contributed by atoms with Crippen molar-refractivity contribution in [3.63, 3.8) is 0 Å². The Labute approximate surface area is 197 Å². The zero-order valence-corrected chi connectivity index (χ0v) is 18.9. The minimum Gasteiger partial charge on any atom is -0.372 e. The Kier molecular flexibility index (Phi) is 8.92. The first kappa shape index (κ1) is 27.1. The lowest BCUT2D eigenvalue weighted by molar-refractivity contribution is -0.137. The maximum Gasteiger partial charge on any atom is 0.446 e. The molecule has 1 aromatic heterocycles. The number of aromatic nitrogens is 2. The fourth-order valence-electron chi connectivity index (χ4n) is 2.47. The molecule has 0 saturated heterocycles. The maximum atomic E-state index is 13.1. The number of hydrogen-bond donors (Lipinski definition) is 1. The molecule has 0 spiro atoms. The van der Waals surface area contributed by atoms with E-state index >= 15 is 0 Å². The van der Waals surface area contributed by atoms with E-state index in [-0.39, 0.29) is 6.61 Å². The van der Waals surface area contributed by atoms with Gasteiger partial charge < -0.3 is 10.1 Å². The predicted octanol–water partition coefficient (Wildman–Crippen LogP) is 6.44. The number of amides is 1. The van der Waals surface area contributed by atoms with Gasteiger partial charge in [0.1, 0.15) is 18.4 Å². The highest BCUT2D eigenvalue weighted by Crippen LogP contribution is 2.45. The molecule has 0 aliphatic heterocycles. The second-order valence-corrected chi connectivity index (χ2v) is 8.23. The topological polar surface area (TPSA) is 79.9 Å². The van der Waals surface area contributed by atoms with E-state index in [1.54, 1.807) is 0 Å². The van der Waals surface area contributed by atoms with Gasteiger partial charge in [-0.2, -0.15) is 36.7 Å². The number of carbonyl (C=O) groups is 1. The van der Waals surface area contributed by atoms with Gasteiger partial charge in [-0.15, -0.1) is 0 Å². The molecule has 0 atom stereocenters. The maximum absolute atomic E-state index is 13.1. The highest BCUT2D eigenvalue weighted by atomic mass is 35.5. The number of carbonyl (C=O) groups excluding carboxylic acids is 1. The summed E-state index contributed by atoms with van der Waals surface area (Å²) in [7, 11) is 0. The SMILES string of the molecule is CCCCOCC(=O)Nc1c(SC(F)(F)F)c(C#N)nn1-c1c(Cl)cc(C(F)(F)F)cc1Cl. The zero-order valence-electron chi connectivity index (χ0n) is 16.6. The van der Waals surface area contributed by atoms with E-state index in [4.69, 9.17) is 27.9 Å². The number of rotatable bonds is 8. The Morgan fingerprint density at radius 3 is 2.33 bits per heavy atom.